The van der Waals surface area contributed by atoms with Crippen LogP contribution in [0.25, 0.3) is 0 Å². The van der Waals surface area contributed by atoms with Crippen LogP contribution in [0.15, 0.2) is 35.7 Å². The molecule has 0 saturated carbocycles. The molecule has 0 fully saturated rings. The molecule has 2 rings (SSSR count). The monoisotopic (exact) mass is 283 g/mol. The van der Waals surface area contributed by atoms with E-state index in [1.165, 1.54) is 23.5 Å². The predicted octanol–water partition coefficient (Wildman–Crippen LogP) is 4.22. The predicted molar refractivity (Wildman–Crippen MR) is 64.8 cm³/mol. The zero-order valence-corrected chi connectivity index (χ0v) is 10.4. The Labute approximate surface area is 111 Å². The molecule has 1 heterocycles. The highest BCUT2D eigenvalue weighted by atomic mass is 32.1. The van der Waals surface area contributed by atoms with E-state index in [0.29, 0.717) is 0 Å². The smallest absolute Gasteiger partial charge is 0.417 e. The molecule has 0 radical (unpaired) electrons. The summed E-state index contributed by atoms with van der Waals surface area (Å²) in [4.78, 5) is 0.915. The third-order valence-corrected chi connectivity index (χ3v) is 3.23. The summed E-state index contributed by atoms with van der Waals surface area (Å²) in [5, 5.41) is 10.5. The van der Waals surface area contributed by atoms with Gasteiger partial charge < -0.3 is 4.74 Å². The molecule has 1 aromatic carbocycles. The molecular weight excluding hydrogens is 275 g/mol. The van der Waals surface area contributed by atoms with E-state index >= 15 is 0 Å². The van der Waals surface area contributed by atoms with Crippen molar-refractivity contribution in [3.63, 3.8) is 0 Å². The van der Waals surface area contributed by atoms with Gasteiger partial charge in [0.05, 0.1) is 17.2 Å². The third-order valence-electron chi connectivity index (χ3n) is 2.38. The fourth-order valence-corrected chi connectivity index (χ4v) is 2.11. The van der Waals surface area contributed by atoms with Gasteiger partial charge in [-0.15, -0.1) is 11.3 Å². The Kier molecular flexibility index (Phi) is 3.76. The highest BCUT2D eigenvalue weighted by molar-refractivity contribution is 7.09. The first kappa shape index (κ1) is 13.4. The van der Waals surface area contributed by atoms with Crippen LogP contribution in [0.4, 0.5) is 13.2 Å². The number of halogens is 3. The maximum atomic E-state index is 12.7. The molecule has 0 unspecified atom stereocenters. The number of ether oxygens (including phenoxy) is 1. The molecule has 0 N–H and O–H groups in total. The van der Waals surface area contributed by atoms with E-state index in [0.717, 1.165) is 17.0 Å². The lowest BCUT2D eigenvalue weighted by Gasteiger charge is -2.11. The Balaban J connectivity index is 2.21. The second kappa shape index (κ2) is 5.33. The van der Waals surface area contributed by atoms with E-state index in [4.69, 9.17) is 10.00 Å². The zero-order valence-electron chi connectivity index (χ0n) is 9.57. The molecular formula is C13H8F3NOS. The van der Waals surface area contributed by atoms with Gasteiger partial charge in [0, 0.05) is 4.88 Å². The highest BCUT2D eigenvalue weighted by Gasteiger charge is 2.34. The van der Waals surface area contributed by atoms with E-state index in [1.54, 1.807) is 0 Å². The molecule has 2 aromatic rings. The van der Waals surface area contributed by atoms with Crippen molar-refractivity contribution in [1.82, 2.24) is 0 Å². The molecule has 98 valence electrons. The van der Waals surface area contributed by atoms with Gasteiger partial charge in [-0.2, -0.15) is 18.4 Å². The number of benzene rings is 1. The van der Waals surface area contributed by atoms with Crippen molar-refractivity contribution in [3.8, 4) is 11.8 Å². The summed E-state index contributed by atoms with van der Waals surface area (Å²) in [6, 6.07) is 8.53. The molecule has 0 aliphatic rings. The average molecular weight is 283 g/mol. The Hall–Kier alpha value is -2.00. The van der Waals surface area contributed by atoms with Crippen LogP contribution in [-0.2, 0) is 12.8 Å². The molecule has 0 spiro atoms. The summed E-state index contributed by atoms with van der Waals surface area (Å²) in [7, 11) is 0. The lowest BCUT2D eigenvalue weighted by molar-refractivity contribution is -0.137. The number of rotatable bonds is 3. The third kappa shape index (κ3) is 3.26. The van der Waals surface area contributed by atoms with E-state index < -0.39 is 17.3 Å². The number of hydrogen-bond acceptors (Lipinski definition) is 3. The second-order valence-electron chi connectivity index (χ2n) is 3.68. The van der Waals surface area contributed by atoms with E-state index in [9.17, 15) is 13.2 Å². The minimum absolute atomic E-state index is 0.0970. The summed E-state index contributed by atoms with van der Waals surface area (Å²) >= 11 is 1.46. The van der Waals surface area contributed by atoms with Gasteiger partial charge in [-0.25, -0.2) is 0 Å². The summed E-state index contributed by atoms with van der Waals surface area (Å²) in [6.45, 7) is 0.209. The molecule has 0 amide bonds. The van der Waals surface area contributed by atoms with E-state index in [1.807, 2.05) is 17.5 Å². The molecule has 0 aliphatic heterocycles. The number of nitrogens with zero attached hydrogens (tertiary/aromatic N) is 1. The van der Waals surface area contributed by atoms with Crippen molar-refractivity contribution in [3.05, 3.63) is 51.7 Å². The van der Waals surface area contributed by atoms with Crippen LogP contribution in [0.5, 0.6) is 5.75 Å². The quantitative estimate of drug-likeness (QED) is 0.845. The van der Waals surface area contributed by atoms with Crippen LogP contribution in [0.1, 0.15) is 16.0 Å². The van der Waals surface area contributed by atoms with Gasteiger partial charge >= 0.3 is 6.18 Å². The molecule has 0 atom stereocenters. The lowest BCUT2D eigenvalue weighted by atomic mass is 10.1. The largest absolute Gasteiger partial charge is 0.488 e. The van der Waals surface area contributed by atoms with Gasteiger partial charge in [-0.1, -0.05) is 6.07 Å². The van der Waals surface area contributed by atoms with Crippen molar-refractivity contribution < 1.29 is 17.9 Å². The SMILES string of the molecule is N#Cc1ccc(OCc2cccs2)cc1C(F)(F)F. The van der Waals surface area contributed by atoms with Crippen LogP contribution < -0.4 is 4.74 Å². The number of thiophene rings is 1. The van der Waals surface area contributed by atoms with Crippen molar-refractivity contribution >= 4 is 11.3 Å². The van der Waals surface area contributed by atoms with Crippen LogP contribution in [0, 0.1) is 11.3 Å². The van der Waals surface area contributed by atoms with E-state index in [2.05, 4.69) is 0 Å². The molecule has 2 nitrogen and oxygen atoms in total. The molecule has 19 heavy (non-hydrogen) atoms. The molecule has 6 heteroatoms. The normalized spacial score (nSPS) is 11.1. The first-order valence-electron chi connectivity index (χ1n) is 5.27. The van der Waals surface area contributed by atoms with E-state index in [-0.39, 0.29) is 12.4 Å². The first-order valence-corrected chi connectivity index (χ1v) is 6.15. The van der Waals surface area contributed by atoms with Crippen molar-refractivity contribution in [1.29, 1.82) is 5.26 Å². The van der Waals surface area contributed by atoms with Gasteiger partial charge in [0.1, 0.15) is 12.4 Å². The Bertz CT molecular complexity index is 599. The number of hydrogen-bond donors (Lipinski definition) is 0. The Morgan fingerprint density at radius 1 is 1.26 bits per heavy atom. The number of nitriles is 1. The molecule has 0 saturated heterocycles. The summed E-state index contributed by atoms with van der Waals surface area (Å²) < 4.78 is 43.5. The second-order valence-corrected chi connectivity index (χ2v) is 4.72. The Morgan fingerprint density at radius 2 is 2.05 bits per heavy atom. The van der Waals surface area contributed by atoms with Gasteiger partial charge in [0.25, 0.3) is 0 Å². The highest BCUT2D eigenvalue weighted by Crippen LogP contribution is 2.34. The van der Waals surface area contributed by atoms with Crippen LogP contribution in [-0.4, -0.2) is 0 Å². The van der Waals surface area contributed by atoms with Crippen LogP contribution in [0.3, 0.4) is 0 Å². The summed E-state index contributed by atoms with van der Waals surface area (Å²) in [5.41, 5.74) is -1.38. The maximum absolute atomic E-state index is 12.7. The first-order chi connectivity index (χ1) is 9.00. The molecule has 0 bridgehead atoms. The molecule has 1 aromatic heterocycles. The average Bonchev–Trinajstić information content (AvgIpc) is 2.88. The fraction of sp³-hybridized carbons (Fsp3) is 0.154. The van der Waals surface area contributed by atoms with Gasteiger partial charge in [-0.3, -0.25) is 0 Å². The van der Waals surface area contributed by atoms with Gasteiger partial charge in [-0.05, 0) is 29.6 Å². The topological polar surface area (TPSA) is 33.0 Å². The fourth-order valence-electron chi connectivity index (χ4n) is 1.49. The van der Waals surface area contributed by atoms with Crippen molar-refractivity contribution in [2.24, 2.45) is 0 Å². The van der Waals surface area contributed by atoms with Crippen molar-refractivity contribution in [2.45, 2.75) is 12.8 Å². The van der Waals surface area contributed by atoms with Gasteiger partial charge in [0.15, 0.2) is 0 Å². The summed E-state index contributed by atoms with van der Waals surface area (Å²) in [5.74, 6) is 0.0970. The standard InChI is InChI=1S/C13H8F3NOS/c14-13(15,16)12-6-10(4-3-9(12)7-17)18-8-11-2-1-5-19-11/h1-6H,8H2. The van der Waals surface area contributed by atoms with Gasteiger partial charge in [0.2, 0.25) is 0 Å². The lowest BCUT2D eigenvalue weighted by Crippen LogP contribution is -2.08. The Morgan fingerprint density at radius 3 is 2.63 bits per heavy atom. The number of alkyl halides is 3. The minimum atomic E-state index is -4.56. The van der Waals surface area contributed by atoms with Crippen molar-refractivity contribution in [2.75, 3.05) is 0 Å². The minimum Gasteiger partial charge on any atom is -0.488 e. The molecule has 0 aliphatic carbocycles. The maximum Gasteiger partial charge on any atom is 0.417 e. The summed E-state index contributed by atoms with van der Waals surface area (Å²) in [6.07, 6.45) is -4.56. The zero-order chi connectivity index (χ0) is 13.9. The van der Waals surface area contributed by atoms with Crippen LogP contribution in [0.2, 0.25) is 0 Å². The van der Waals surface area contributed by atoms with Crippen LogP contribution >= 0.6 is 11.3 Å².